The van der Waals surface area contributed by atoms with E-state index in [1.807, 2.05) is 19.9 Å². The monoisotopic (exact) mass is 222 g/mol. The number of ether oxygens (including phenoxy) is 2. The second-order valence-electron chi connectivity index (χ2n) is 4.49. The van der Waals surface area contributed by atoms with Gasteiger partial charge in [0.2, 0.25) is 0 Å². The van der Waals surface area contributed by atoms with Crippen molar-refractivity contribution in [1.29, 1.82) is 0 Å². The Hall–Kier alpha value is -1.06. The highest BCUT2D eigenvalue weighted by Crippen LogP contribution is 2.39. The summed E-state index contributed by atoms with van der Waals surface area (Å²) in [6.45, 7) is 4.98. The lowest BCUT2D eigenvalue weighted by Gasteiger charge is -2.25. The normalized spacial score (nSPS) is 24.8. The van der Waals surface area contributed by atoms with Crippen molar-refractivity contribution in [3.8, 4) is 5.75 Å². The molecule has 0 aliphatic carbocycles. The van der Waals surface area contributed by atoms with Crippen molar-refractivity contribution in [2.75, 3.05) is 20.3 Å². The maximum absolute atomic E-state index is 10.5. The standard InChI is InChI=1S/C13H18O3/c1-9-6-10(2)12(11(7-9)15-3)13(14)4-5-16-8-13/h6-7,14H,4-5,8H2,1-3H3. The first-order valence-electron chi connectivity index (χ1n) is 5.53. The summed E-state index contributed by atoms with van der Waals surface area (Å²) in [6.07, 6.45) is 0.632. The van der Waals surface area contributed by atoms with E-state index >= 15 is 0 Å². The fourth-order valence-electron chi connectivity index (χ4n) is 2.44. The molecule has 0 bridgehead atoms. The number of hydrogen-bond donors (Lipinski definition) is 1. The first kappa shape index (κ1) is 11.4. The summed E-state index contributed by atoms with van der Waals surface area (Å²) in [5.41, 5.74) is 2.19. The van der Waals surface area contributed by atoms with Crippen LogP contribution < -0.4 is 4.74 Å². The quantitative estimate of drug-likeness (QED) is 0.831. The van der Waals surface area contributed by atoms with Crippen LogP contribution in [0.2, 0.25) is 0 Å². The zero-order valence-electron chi connectivity index (χ0n) is 10.0. The van der Waals surface area contributed by atoms with Crippen LogP contribution in [0, 0.1) is 13.8 Å². The van der Waals surface area contributed by atoms with E-state index in [-0.39, 0.29) is 0 Å². The second-order valence-corrected chi connectivity index (χ2v) is 4.49. The predicted molar refractivity (Wildman–Crippen MR) is 61.8 cm³/mol. The van der Waals surface area contributed by atoms with Crippen LogP contribution in [0.4, 0.5) is 0 Å². The van der Waals surface area contributed by atoms with Gasteiger partial charge in [0.25, 0.3) is 0 Å². The van der Waals surface area contributed by atoms with Crippen LogP contribution in [-0.4, -0.2) is 25.4 Å². The van der Waals surface area contributed by atoms with Crippen molar-refractivity contribution in [2.24, 2.45) is 0 Å². The smallest absolute Gasteiger partial charge is 0.125 e. The van der Waals surface area contributed by atoms with E-state index in [0.29, 0.717) is 19.6 Å². The molecule has 0 spiro atoms. The molecule has 1 fully saturated rings. The van der Waals surface area contributed by atoms with Crippen LogP contribution in [-0.2, 0) is 10.3 Å². The van der Waals surface area contributed by atoms with Crippen LogP contribution in [0.5, 0.6) is 5.75 Å². The Morgan fingerprint density at radius 1 is 1.38 bits per heavy atom. The fraction of sp³-hybridized carbons (Fsp3) is 0.538. The number of methoxy groups -OCH3 is 1. The molecule has 1 aliphatic heterocycles. The van der Waals surface area contributed by atoms with Gasteiger partial charge >= 0.3 is 0 Å². The number of aliphatic hydroxyl groups is 1. The molecule has 1 aromatic rings. The Labute approximate surface area is 96.0 Å². The maximum Gasteiger partial charge on any atom is 0.125 e. The molecule has 0 amide bonds. The Morgan fingerprint density at radius 2 is 2.12 bits per heavy atom. The Morgan fingerprint density at radius 3 is 2.69 bits per heavy atom. The molecule has 3 nitrogen and oxygen atoms in total. The lowest BCUT2D eigenvalue weighted by Crippen LogP contribution is -2.27. The second kappa shape index (κ2) is 4.07. The Bertz CT molecular complexity index is 392. The largest absolute Gasteiger partial charge is 0.496 e. The molecule has 16 heavy (non-hydrogen) atoms. The van der Waals surface area contributed by atoms with Gasteiger partial charge in [0.15, 0.2) is 0 Å². The molecule has 2 rings (SSSR count). The van der Waals surface area contributed by atoms with Gasteiger partial charge in [-0.15, -0.1) is 0 Å². The Balaban J connectivity index is 2.54. The molecule has 3 heteroatoms. The zero-order valence-corrected chi connectivity index (χ0v) is 10.0. The molecule has 0 aromatic heterocycles. The van der Waals surface area contributed by atoms with Crippen molar-refractivity contribution >= 4 is 0 Å². The van der Waals surface area contributed by atoms with Crippen LogP contribution >= 0.6 is 0 Å². The summed E-state index contributed by atoms with van der Waals surface area (Å²) in [4.78, 5) is 0. The SMILES string of the molecule is COc1cc(C)cc(C)c1C1(O)CCOC1. The minimum atomic E-state index is -0.886. The van der Waals surface area contributed by atoms with Gasteiger partial charge in [0.1, 0.15) is 11.4 Å². The van der Waals surface area contributed by atoms with E-state index in [4.69, 9.17) is 9.47 Å². The van der Waals surface area contributed by atoms with Gasteiger partial charge in [-0.2, -0.15) is 0 Å². The lowest BCUT2D eigenvalue weighted by atomic mass is 9.88. The third-order valence-corrected chi connectivity index (χ3v) is 3.13. The molecule has 0 radical (unpaired) electrons. The van der Waals surface area contributed by atoms with Gasteiger partial charge in [-0.05, 0) is 31.0 Å². The lowest BCUT2D eigenvalue weighted by molar-refractivity contribution is 0.0207. The number of hydrogen-bond acceptors (Lipinski definition) is 3. The van der Waals surface area contributed by atoms with E-state index in [1.54, 1.807) is 7.11 Å². The number of benzene rings is 1. The van der Waals surface area contributed by atoms with Gasteiger partial charge in [-0.1, -0.05) is 6.07 Å². The number of rotatable bonds is 2. The molecule has 1 aromatic carbocycles. The van der Waals surface area contributed by atoms with Crippen molar-refractivity contribution in [3.63, 3.8) is 0 Å². The molecule has 1 atom stereocenters. The van der Waals surface area contributed by atoms with Crippen molar-refractivity contribution in [1.82, 2.24) is 0 Å². The minimum absolute atomic E-state index is 0.354. The third-order valence-electron chi connectivity index (χ3n) is 3.13. The summed E-state index contributed by atoms with van der Waals surface area (Å²) < 4.78 is 10.7. The molecule has 1 aliphatic rings. The Kier molecular flexibility index (Phi) is 2.91. The molecule has 1 unspecified atom stereocenters. The number of aryl methyl sites for hydroxylation is 2. The van der Waals surface area contributed by atoms with E-state index in [0.717, 1.165) is 22.4 Å². The van der Waals surface area contributed by atoms with Crippen molar-refractivity contribution < 1.29 is 14.6 Å². The highest BCUT2D eigenvalue weighted by molar-refractivity contribution is 5.47. The zero-order chi connectivity index (χ0) is 11.8. The summed E-state index contributed by atoms with van der Waals surface area (Å²) in [5.74, 6) is 0.755. The highest BCUT2D eigenvalue weighted by Gasteiger charge is 2.37. The van der Waals surface area contributed by atoms with Crippen molar-refractivity contribution in [2.45, 2.75) is 25.9 Å². The molecule has 0 saturated carbocycles. The van der Waals surface area contributed by atoms with Crippen LogP contribution in [0.1, 0.15) is 23.1 Å². The van der Waals surface area contributed by atoms with Gasteiger partial charge < -0.3 is 14.6 Å². The molecular formula is C13H18O3. The molecular weight excluding hydrogens is 204 g/mol. The average Bonchev–Trinajstić information content (AvgIpc) is 2.64. The topological polar surface area (TPSA) is 38.7 Å². The molecule has 88 valence electrons. The van der Waals surface area contributed by atoms with E-state index < -0.39 is 5.60 Å². The molecule has 1 heterocycles. The van der Waals surface area contributed by atoms with E-state index in [2.05, 4.69) is 6.07 Å². The van der Waals surface area contributed by atoms with E-state index in [1.165, 1.54) is 0 Å². The van der Waals surface area contributed by atoms with E-state index in [9.17, 15) is 5.11 Å². The molecule has 1 saturated heterocycles. The van der Waals surface area contributed by atoms with Gasteiger partial charge in [-0.3, -0.25) is 0 Å². The summed E-state index contributed by atoms with van der Waals surface area (Å²) in [6, 6.07) is 4.02. The van der Waals surface area contributed by atoms with Gasteiger partial charge in [-0.25, -0.2) is 0 Å². The van der Waals surface area contributed by atoms with Crippen LogP contribution in [0.25, 0.3) is 0 Å². The first-order valence-corrected chi connectivity index (χ1v) is 5.53. The van der Waals surface area contributed by atoms with Crippen LogP contribution in [0.3, 0.4) is 0 Å². The van der Waals surface area contributed by atoms with Gasteiger partial charge in [0.05, 0.1) is 13.7 Å². The summed E-state index contributed by atoms with van der Waals surface area (Å²) in [7, 11) is 1.64. The fourth-order valence-corrected chi connectivity index (χ4v) is 2.44. The predicted octanol–water partition coefficient (Wildman–Crippen LogP) is 1.92. The summed E-state index contributed by atoms with van der Waals surface area (Å²) in [5, 5.41) is 10.5. The third kappa shape index (κ3) is 1.81. The highest BCUT2D eigenvalue weighted by atomic mass is 16.5. The van der Waals surface area contributed by atoms with Crippen molar-refractivity contribution in [3.05, 3.63) is 28.8 Å². The maximum atomic E-state index is 10.5. The molecule has 1 N–H and O–H groups in total. The minimum Gasteiger partial charge on any atom is -0.496 e. The van der Waals surface area contributed by atoms with Crippen LogP contribution in [0.15, 0.2) is 12.1 Å². The van der Waals surface area contributed by atoms with Gasteiger partial charge in [0, 0.05) is 18.6 Å². The average molecular weight is 222 g/mol. The first-order chi connectivity index (χ1) is 7.57. The summed E-state index contributed by atoms with van der Waals surface area (Å²) >= 11 is 0.